The summed E-state index contributed by atoms with van der Waals surface area (Å²) in [5.41, 5.74) is 4.76. The van der Waals surface area contributed by atoms with Gasteiger partial charge in [0.05, 0.1) is 21.6 Å². The minimum Gasteiger partial charge on any atom is -0.444 e. The summed E-state index contributed by atoms with van der Waals surface area (Å²) in [5, 5.41) is 28.5. The third-order valence-corrected chi connectivity index (χ3v) is 4.53. The number of nitrogens with one attached hydrogen (secondary N) is 1. The smallest absolute Gasteiger partial charge is 0.416 e. The van der Waals surface area contributed by atoms with Crippen LogP contribution in [0.3, 0.4) is 0 Å². The number of halogens is 3. The number of alkyl halides is 3. The fourth-order valence-corrected chi connectivity index (χ4v) is 2.93. The molecule has 3 aromatic rings. The van der Waals surface area contributed by atoms with E-state index in [0.29, 0.717) is 16.5 Å². The maximum absolute atomic E-state index is 13.0. The number of rotatable bonds is 7. The van der Waals surface area contributed by atoms with E-state index in [4.69, 9.17) is 10.5 Å². The summed E-state index contributed by atoms with van der Waals surface area (Å²) >= 11 is 1.24. The molecule has 11 nitrogen and oxygen atoms in total. The number of nitro benzene ring substituents is 2. The van der Waals surface area contributed by atoms with Gasteiger partial charge in [0.1, 0.15) is 11.6 Å². The molecule has 1 aromatic heterocycles. The van der Waals surface area contributed by atoms with Crippen LogP contribution in [0.4, 0.5) is 35.5 Å². The van der Waals surface area contributed by atoms with Crippen LogP contribution < -0.4 is 15.9 Å². The molecule has 2 aromatic carbocycles. The van der Waals surface area contributed by atoms with E-state index in [1.807, 2.05) is 0 Å². The van der Waals surface area contributed by atoms with Gasteiger partial charge in [0.25, 0.3) is 5.75 Å². The first-order valence-electron chi connectivity index (χ1n) is 8.36. The summed E-state index contributed by atoms with van der Waals surface area (Å²) < 4.78 is 44.2. The Morgan fingerprint density at radius 2 is 1.72 bits per heavy atom. The number of hydrogen-bond donors (Lipinski definition) is 2. The molecule has 0 atom stereocenters. The number of nitrogens with zero attached hydrogens (tertiary/aromatic N) is 4. The third kappa shape index (κ3) is 5.25. The molecule has 3 rings (SSSR count). The first kappa shape index (κ1) is 22.4. The number of nitrogens with two attached hydrogens (primary N) is 1. The van der Waals surface area contributed by atoms with Gasteiger partial charge in [-0.2, -0.15) is 18.3 Å². The quantitative estimate of drug-likeness (QED) is 0.284. The molecule has 0 unspecified atom stereocenters. The number of nitro groups is 2. The third-order valence-electron chi connectivity index (χ3n) is 3.77. The van der Waals surface area contributed by atoms with Gasteiger partial charge in [0.2, 0.25) is 5.13 Å². The van der Waals surface area contributed by atoms with Crippen LogP contribution in [0, 0.1) is 20.2 Å². The van der Waals surface area contributed by atoms with Gasteiger partial charge in [0, 0.05) is 17.5 Å². The van der Waals surface area contributed by atoms with Crippen LogP contribution >= 0.6 is 11.3 Å². The summed E-state index contributed by atoms with van der Waals surface area (Å²) in [7, 11) is 0. The topological polar surface area (TPSA) is 159 Å². The lowest BCUT2D eigenvalue weighted by atomic mass is 10.1. The number of hydrazone groups is 1. The van der Waals surface area contributed by atoms with Crippen LogP contribution in [0.2, 0.25) is 0 Å². The Morgan fingerprint density at radius 3 is 2.19 bits per heavy atom. The number of aromatic nitrogens is 1. The number of hydrogen-bond acceptors (Lipinski definition) is 10. The molecule has 3 N–H and O–H groups in total. The molecular weight excluding hydrogens is 457 g/mol. The first-order valence-corrected chi connectivity index (χ1v) is 9.24. The van der Waals surface area contributed by atoms with Gasteiger partial charge >= 0.3 is 17.6 Å². The molecule has 0 saturated carbocycles. The van der Waals surface area contributed by atoms with Gasteiger partial charge in [-0.3, -0.25) is 25.7 Å². The van der Waals surface area contributed by atoms with Crippen molar-refractivity contribution < 1.29 is 27.8 Å². The molecule has 0 aliphatic carbocycles. The molecule has 32 heavy (non-hydrogen) atoms. The van der Waals surface area contributed by atoms with Gasteiger partial charge in [0.15, 0.2) is 0 Å². The van der Waals surface area contributed by atoms with Gasteiger partial charge in [-0.25, -0.2) is 4.98 Å². The highest BCUT2D eigenvalue weighted by Gasteiger charge is 2.38. The molecule has 166 valence electrons. The van der Waals surface area contributed by atoms with Crippen molar-refractivity contribution in [2.24, 2.45) is 5.10 Å². The highest BCUT2D eigenvalue weighted by atomic mass is 32.1. The van der Waals surface area contributed by atoms with Crippen molar-refractivity contribution in [1.29, 1.82) is 0 Å². The molecule has 0 spiro atoms. The lowest BCUT2D eigenvalue weighted by molar-refractivity contribution is -0.396. The lowest BCUT2D eigenvalue weighted by Gasteiger charge is -2.11. The van der Waals surface area contributed by atoms with Crippen LogP contribution in [-0.2, 0) is 6.18 Å². The zero-order valence-corrected chi connectivity index (χ0v) is 16.4. The van der Waals surface area contributed by atoms with E-state index in [-0.39, 0.29) is 17.9 Å². The lowest BCUT2D eigenvalue weighted by Crippen LogP contribution is -2.08. The fourth-order valence-electron chi connectivity index (χ4n) is 2.38. The second kappa shape index (κ2) is 8.84. The van der Waals surface area contributed by atoms with Crippen LogP contribution in [0.5, 0.6) is 11.5 Å². The number of benzene rings is 2. The Morgan fingerprint density at radius 1 is 1.12 bits per heavy atom. The molecule has 0 aliphatic heterocycles. The zero-order chi connectivity index (χ0) is 23.5. The van der Waals surface area contributed by atoms with Gasteiger partial charge < -0.3 is 10.5 Å². The Kier molecular flexibility index (Phi) is 6.20. The maximum Gasteiger partial charge on any atom is 0.416 e. The number of nitrogen functional groups attached to an aromatic ring is 1. The average Bonchev–Trinajstić information content (AvgIpc) is 3.13. The van der Waals surface area contributed by atoms with Crippen molar-refractivity contribution in [2.45, 2.75) is 6.18 Å². The van der Waals surface area contributed by atoms with Crippen LogP contribution in [0.25, 0.3) is 0 Å². The number of ether oxygens (including phenoxy) is 1. The Bertz CT molecular complexity index is 1160. The van der Waals surface area contributed by atoms with E-state index >= 15 is 0 Å². The molecule has 15 heteroatoms. The van der Waals surface area contributed by atoms with E-state index in [1.54, 1.807) is 5.38 Å². The largest absolute Gasteiger partial charge is 0.444 e. The second-order valence-electron chi connectivity index (χ2n) is 5.97. The molecule has 0 fully saturated rings. The average molecular weight is 468 g/mol. The molecule has 0 aliphatic rings. The van der Waals surface area contributed by atoms with Gasteiger partial charge in [-0.05, 0) is 29.8 Å². The molecule has 0 saturated heterocycles. The van der Waals surface area contributed by atoms with Crippen molar-refractivity contribution in [2.75, 3.05) is 11.2 Å². The predicted octanol–water partition coefficient (Wildman–Crippen LogP) is 4.80. The molecule has 1 heterocycles. The predicted molar refractivity (Wildman–Crippen MR) is 109 cm³/mol. The molecule has 0 amide bonds. The van der Waals surface area contributed by atoms with E-state index in [9.17, 15) is 33.4 Å². The monoisotopic (exact) mass is 468 g/mol. The van der Waals surface area contributed by atoms with E-state index < -0.39 is 38.7 Å². The minimum atomic E-state index is -5.02. The van der Waals surface area contributed by atoms with Crippen LogP contribution in [0.15, 0.2) is 46.9 Å². The van der Waals surface area contributed by atoms with Crippen molar-refractivity contribution in [3.8, 4) is 11.5 Å². The van der Waals surface area contributed by atoms with Crippen LogP contribution in [-0.4, -0.2) is 21.0 Å². The zero-order valence-electron chi connectivity index (χ0n) is 15.6. The van der Waals surface area contributed by atoms with Gasteiger partial charge in [-0.15, -0.1) is 11.3 Å². The second-order valence-corrected chi connectivity index (χ2v) is 6.83. The molecule has 0 bridgehead atoms. The Hall–Kier alpha value is -4.27. The summed E-state index contributed by atoms with van der Waals surface area (Å²) in [4.78, 5) is 24.1. The summed E-state index contributed by atoms with van der Waals surface area (Å²) in [6.45, 7) is 0. The standard InChI is InChI=1S/C17H11F3N6O5S/c18-17(19,20)10-5-12(25(27)28)15(13(6-10)26(29)30)31-11-3-1-9(2-4-11)7-22-24-16-23-14(21)8-32-16/h1-8H,21H2,(H,23,24). The fraction of sp³-hybridized carbons (Fsp3) is 0.0588. The Balaban J connectivity index is 1.86. The van der Waals surface area contributed by atoms with Crippen molar-refractivity contribution >= 4 is 39.9 Å². The summed E-state index contributed by atoms with van der Waals surface area (Å²) in [6, 6.07) is 5.93. The van der Waals surface area contributed by atoms with E-state index in [2.05, 4.69) is 15.5 Å². The summed E-state index contributed by atoms with van der Waals surface area (Å²) in [5.74, 6) is -0.660. The molecular formula is C17H11F3N6O5S. The number of anilines is 2. The van der Waals surface area contributed by atoms with Crippen molar-refractivity contribution in [3.05, 3.63) is 73.1 Å². The normalized spacial score (nSPS) is 11.5. The van der Waals surface area contributed by atoms with E-state index in [1.165, 1.54) is 41.8 Å². The van der Waals surface area contributed by atoms with Crippen molar-refractivity contribution in [1.82, 2.24) is 4.98 Å². The minimum absolute atomic E-state index is 0.0752. The molecule has 0 radical (unpaired) electrons. The van der Waals surface area contributed by atoms with E-state index in [0.717, 1.165) is 0 Å². The highest BCUT2D eigenvalue weighted by Crippen LogP contribution is 2.44. The SMILES string of the molecule is Nc1csc(NN=Cc2ccc(Oc3c([N+](=O)[O-])cc(C(F)(F)F)cc3[N+](=O)[O-])cc2)n1. The first-order chi connectivity index (χ1) is 15.0. The van der Waals surface area contributed by atoms with Crippen LogP contribution in [0.1, 0.15) is 11.1 Å². The van der Waals surface area contributed by atoms with Crippen molar-refractivity contribution in [3.63, 3.8) is 0 Å². The Labute approximate surface area is 180 Å². The summed E-state index contributed by atoms with van der Waals surface area (Å²) in [6.07, 6.45) is -3.61. The number of thiazole rings is 1. The maximum atomic E-state index is 13.0. The van der Waals surface area contributed by atoms with Gasteiger partial charge in [-0.1, -0.05) is 0 Å². The highest BCUT2D eigenvalue weighted by molar-refractivity contribution is 7.14.